The van der Waals surface area contributed by atoms with E-state index in [1.54, 1.807) is 6.07 Å². The third-order valence-corrected chi connectivity index (χ3v) is 2.37. The molecule has 1 aromatic heterocycles. The van der Waals surface area contributed by atoms with Gasteiger partial charge in [0.05, 0.1) is 17.1 Å². The van der Waals surface area contributed by atoms with E-state index in [4.69, 9.17) is 16.9 Å². The van der Waals surface area contributed by atoms with Crippen molar-refractivity contribution in [2.24, 2.45) is 0 Å². The zero-order chi connectivity index (χ0) is 10.7. The summed E-state index contributed by atoms with van der Waals surface area (Å²) in [5.74, 6) is -0.0422. The van der Waals surface area contributed by atoms with Crippen LogP contribution in [0.15, 0.2) is 6.07 Å². The van der Waals surface area contributed by atoms with Gasteiger partial charge in [0.25, 0.3) is 6.43 Å². The third kappa shape index (κ3) is 2.30. The van der Waals surface area contributed by atoms with E-state index >= 15 is 0 Å². The van der Waals surface area contributed by atoms with Gasteiger partial charge in [0.1, 0.15) is 9.77 Å². The first-order chi connectivity index (χ1) is 6.60. The van der Waals surface area contributed by atoms with Crippen LogP contribution >= 0.6 is 34.2 Å². The number of hydrogen-bond acceptors (Lipinski definition) is 2. The minimum Gasteiger partial charge on any atom is -0.244 e. The topological polar surface area (TPSA) is 36.7 Å². The third-order valence-electron chi connectivity index (χ3n) is 1.57. The molecule has 0 aliphatic heterocycles. The van der Waals surface area contributed by atoms with Crippen LogP contribution in [0.2, 0.25) is 0 Å². The molecule has 0 fully saturated rings. The molecule has 1 heterocycles. The normalized spacial score (nSPS) is 10.3. The van der Waals surface area contributed by atoms with Crippen LogP contribution in [0.25, 0.3) is 0 Å². The van der Waals surface area contributed by atoms with Crippen LogP contribution in [0.3, 0.4) is 0 Å². The molecule has 0 aliphatic rings. The summed E-state index contributed by atoms with van der Waals surface area (Å²) in [6.45, 7) is 0. The van der Waals surface area contributed by atoms with Crippen LogP contribution in [0.1, 0.15) is 23.2 Å². The molecule has 0 unspecified atom stereocenters. The molecule has 0 atom stereocenters. The second-order valence-electron chi connectivity index (χ2n) is 2.40. The van der Waals surface area contributed by atoms with Crippen LogP contribution < -0.4 is 0 Å². The highest BCUT2D eigenvalue weighted by Crippen LogP contribution is 2.26. The number of nitrogens with zero attached hydrogens (tertiary/aromatic N) is 2. The summed E-state index contributed by atoms with van der Waals surface area (Å²) in [4.78, 5) is 3.90. The molecule has 2 nitrogen and oxygen atoms in total. The molecule has 0 spiro atoms. The van der Waals surface area contributed by atoms with E-state index in [0.29, 0.717) is 3.70 Å². The van der Waals surface area contributed by atoms with Crippen molar-refractivity contribution in [1.29, 1.82) is 5.26 Å². The molecule has 0 aromatic carbocycles. The Morgan fingerprint density at radius 1 is 1.64 bits per heavy atom. The zero-order valence-corrected chi connectivity index (χ0v) is 9.68. The number of halogens is 4. The van der Waals surface area contributed by atoms with Crippen LogP contribution in [0, 0.1) is 15.0 Å². The van der Waals surface area contributed by atoms with Crippen molar-refractivity contribution < 1.29 is 8.78 Å². The maximum absolute atomic E-state index is 12.5. The number of pyridine rings is 1. The van der Waals surface area contributed by atoms with Crippen molar-refractivity contribution in [2.75, 3.05) is 0 Å². The first kappa shape index (κ1) is 11.6. The lowest BCUT2D eigenvalue weighted by molar-refractivity contribution is 0.150. The van der Waals surface area contributed by atoms with E-state index in [2.05, 4.69) is 4.98 Å². The van der Waals surface area contributed by atoms with Crippen LogP contribution in [-0.4, -0.2) is 4.98 Å². The Kier molecular flexibility index (Phi) is 4.01. The van der Waals surface area contributed by atoms with E-state index in [9.17, 15) is 8.78 Å². The Bertz CT molecular complexity index is 390. The summed E-state index contributed by atoms with van der Waals surface area (Å²) >= 11 is 7.31. The largest absolute Gasteiger partial charge is 0.265 e. The Balaban J connectivity index is 3.41. The Morgan fingerprint density at radius 2 is 2.29 bits per heavy atom. The first-order valence-electron chi connectivity index (χ1n) is 3.53. The van der Waals surface area contributed by atoms with E-state index in [1.807, 2.05) is 22.6 Å². The van der Waals surface area contributed by atoms with Gasteiger partial charge in [-0.2, -0.15) is 5.26 Å². The molecule has 0 aliphatic carbocycles. The van der Waals surface area contributed by atoms with E-state index < -0.39 is 6.43 Å². The summed E-state index contributed by atoms with van der Waals surface area (Å²) < 4.78 is 25.4. The number of aromatic nitrogens is 1. The molecule has 0 saturated heterocycles. The minimum absolute atomic E-state index is 0.0422. The van der Waals surface area contributed by atoms with E-state index in [0.717, 1.165) is 0 Å². The molecule has 1 rings (SSSR count). The van der Waals surface area contributed by atoms with Gasteiger partial charge in [0.15, 0.2) is 0 Å². The summed E-state index contributed by atoms with van der Waals surface area (Å²) in [5, 5.41) is 8.69. The van der Waals surface area contributed by atoms with Crippen LogP contribution in [-0.2, 0) is 5.88 Å². The second kappa shape index (κ2) is 4.84. The maximum Gasteiger partial charge on any atom is 0.265 e. The number of rotatable bonds is 2. The van der Waals surface area contributed by atoms with Gasteiger partial charge in [-0.25, -0.2) is 13.8 Å². The highest BCUT2D eigenvalue weighted by atomic mass is 127. The van der Waals surface area contributed by atoms with Crippen LogP contribution in [0.4, 0.5) is 8.78 Å². The standard InChI is InChI=1S/C8H4ClF2IN2/c9-2-6-5(3-13)4(8(10)11)1-7(12)14-6/h1,8H,2H2. The molecular formula is C8H4ClF2IN2. The molecule has 74 valence electrons. The maximum atomic E-state index is 12.5. The molecule has 0 radical (unpaired) electrons. The van der Waals surface area contributed by atoms with Crippen LogP contribution in [0.5, 0.6) is 0 Å². The van der Waals surface area contributed by atoms with Crippen molar-refractivity contribution >= 4 is 34.2 Å². The molecule has 0 N–H and O–H groups in total. The lowest BCUT2D eigenvalue weighted by atomic mass is 10.1. The average molecular weight is 328 g/mol. The SMILES string of the molecule is N#Cc1c(C(F)F)cc(I)nc1CCl. The molecule has 0 bridgehead atoms. The Hall–Kier alpha value is -0.480. The average Bonchev–Trinajstić information content (AvgIpc) is 2.16. The summed E-state index contributed by atoms with van der Waals surface area (Å²) in [6.07, 6.45) is -2.68. The minimum atomic E-state index is -2.68. The summed E-state index contributed by atoms with van der Waals surface area (Å²) in [7, 11) is 0. The smallest absolute Gasteiger partial charge is 0.244 e. The van der Waals surface area contributed by atoms with Gasteiger partial charge in [-0.1, -0.05) is 0 Å². The number of alkyl halides is 3. The lowest BCUT2D eigenvalue weighted by Crippen LogP contribution is -2.01. The van der Waals surface area contributed by atoms with Gasteiger partial charge in [-0.3, -0.25) is 0 Å². The number of hydrogen-bond donors (Lipinski definition) is 0. The Morgan fingerprint density at radius 3 is 2.71 bits per heavy atom. The fourth-order valence-corrected chi connectivity index (χ4v) is 1.80. The van der Waals surface area contributed by atoms with E-state index in [-0.39, 0.29) is 22.7 Å². The van der Waals surface area contributed by atoms with Gasteiger partial charge < -0.3 is 0 Å². The molecule has 0 saturated carbocycles. The van der Waals surface area contributed by atoms with Crippen molar-refractivity contribution in [3.8, 4) is 6.07 Å². The zero-order valence-electron chi connectivity index (χ0n) is 6.77. The van der Waals surface area contributed by atoms with Crippen molar-refractivity contribution in [3.63, 3.8) is 0 Å². The van der Waals surface area contributed by atoms with Gasteiger partial charge in [-0.05, 0) is 28.7 Å². The highest BCUT2D eigenvalue weighted by Gasteiger charge is 2.17. The predicted molar refractivity (Wildman–Crippen MR) is 56.2 cm³/mol. The van der Waals surface area contributed by atoms with Gasteiger partial charge in [-0.15, -0.1) is 11.6 Å². The monoisotopic (exact) mass is 328 g/mol. The fourth-order valence-electron chi connectivity index (χ4n) is 0.982. The fraction of sp³-hybridized carbons (Fsp3) is 0.250. The van der Waals surface area contributed by atoms with Crippen molar-refractivity contribution in [3.05, 3.63) is 26.6 Å². The molecular weight excluding hydrogens is 324 g/mol. The van der Waals surface area contributed by atoms with Gasteiger partial charge in [0, 0.05) is 5.56 Å². The van der Waals surface area contributed by atoms with Gasteiger partial charge in [0.2, 0.25) is 0 Å². The molecule has 6 heteroatoms. The molecule has 0 amide bonds. The highest BCUT2D eigenvalue weighted by molar-refractivity contribution is 14.1. The van der Waals surface area contributed by atoms with Gasteiger partial charge >= 0.3 is 0 Å². The first-order valence-corrected chi connectivity index (χ1v) is 5.15. The Labute approximate surface area is 98.0 Å². The van der Waals surface area contributed by atoms with Crippen molar-refractivity contribution in [1.82, 2.24) is 4.98 Å². The van der Waals surface area contributed by atoms with E-state index in [1.165, 1.54) is 6.07 Å². The molecule has 1 aromatic rings. The summed E-state index contributed by atoms with van der Waals surface area (Å²) in [5.41, 5.74) is -0.214. The summed E-state index contributed by atoms with van der Waals surface area (Å²) in [6, 6.07) is 2.89. The predicted octanol–water partition coefficient (Wildman–Crippen LogP) is 3.23. The number of nitriles is 1. The quantitative estimate of drug-likeness (QED) is 0.475. The lowest BCUT2D eigenvalue weighted by Gasteiger charge is -2.06. The second-order valence-corrected chi connectivity index (χ2v) is 3.77. The molecule has 14 heavy (non-hydrogen) atoms. The van der Waals surface area contributed by atoms with Crippen molar-refractivity contribution in [2.45, 2.75) is 12.3 Å².